The van der Waals surface area contributed by atoms with Gasteiger partial charge in [-0.15, -0.1) is 0 Å². The maximum atomic E-state index is 5.86. The second-order valence-electron chi connectivity index (χ2n) is 7.38. The zero-order valence-electron chi connectivity index (χ0n) is 17.8. The van der Waals surface area contributed by atoms with Gasteiger partial charge < -0.3 is 23.7 Å². The van der Waals surface area contributed by atoms with Gasteiger partial charge in [-0.1, -0.05) is 19.9 Å². The predicted molar refractivity (Wildman–Crippen MR) is 110 cm³/mol. The largest absolute Gasteiger partial charge is 0.493 e. The van der Waals surface area contributed by atoms with Crippen LogP contribution in [0.1, 0.15) is 25.0 Å². The van der Waals surface area contributed by atoms with Crippen molar-refractivity contribution in [3.63, 3.8) is 0 Å². The van der Waals surface area contributed by atoms with Gasteiger partial charge in [0.05, 0.1) is 35.5 Å². The lowest BCUT2D eigenvalue weighted by Crippen LogP contribution is -2.18. The van der Waals surface area contributed by atoms with Crippen LogP contribution in [0, 0.1) is 11.8 Å². The molecular formula is C23H30O5. The molecule has 0 saturated carbocycles. The highest BCUT2D eigenvalue weighted by atomic mass is 16.5. The third kappa shape index (κ3) is 3.23. The van der Waals surface area contributed by atoms with Crippen LogP contribution in [0.15, 0.2) is 18.2 Å². The van der Waals surface area contributed by atoms with Crippen molar-refractivity contribution < 1.29 is 23.7 Å². The zero-order chi connectivity index (χ0) is 20.4. The maximum absolute atomic E-state index is 5.86. The molecule has 0 unspecified atom stereocenters. The topological polar surface area (TPSA) is 46.2 Å². The molecule has 0 bridgehead atoms. The van der Waals surface area contributed by atoms with Crippen LogP contribution in [-0.4, -0.2) is 35.5 Å². The molecule has 0 spiro atoms. The molecular weight excluding hydrogens is 356 g/mol. The van der Waals surface area contributed by atoms with E-state index >= 15 is 0 Å². The first kappa shape index (κ1) is 20.2. The number of rotatable bonds is 5. The van der Waals surface area contributed by atoms with E-state index in [4.69, 9.17) is 23.7 Å². The molecule has 0 aromatic heterocycles. The fourth-order valence-corrected chi connectivity index (χ4v) is 4.15. The lowest BCUT2D eigenvalue weighted by atomic mass is 9.77. The van der Waals surface area contributed by atoms with Gasteiger partial charge in [0.2, 0.25) is 5.75 Å². The second kappa shape index (κ2) is 8.21. The first-order valence-corrected chi connectivity index (χ1v) is 9.56. The number of hydrogen-bond donors (Lipinski definition) is 0. The van der Waals surface area contributed by atoms with E-state index in [-0.39, 0.29) is 0 Å². The van der Waals surface area contributed by atoms with Crippen LogP contribution >= 0.6 is 0 Å². The quantitative estimate of drug-likeness (QED) is 0.741. The van der Waals surface area contributed by atoms with E-state index in [1.54, 1.807) is 35.5 Å². The lowest BCUT2D eigenvalue weighted by molar-refractivity contribution is 0.322. The zero-order valence-corrected chi connectivity index (χ0v) is 17.8. The monoisotopic (exact) mass is 386 g/mol. The van der Waals surface area contributed by atoms with Gasteiger partial charge in [-0.05, 0) is 47.9 Å². The van der Waals surface area contributed by atoms with Crippen molar-refractivity contribution >= 4 is 0 Å². The minimum atomic E-state index is 0.503. The molecule has 3 rings (SSSR count). The lowest BCUT2D eigenvalue weighted by Gasteiger charge is -2.30. The molecule has 2 atom stereocenters. The van der Waals surface area contributed by atoms with Crippen LogP contribution < -0.4 is 23.7 Å². The van der Waals surface area contributed by atoms with Crippen LogP contribution in [0.5, 0.6) is 28.7 Å². The summed E-state index contributed by atoms with van der Waals surface area (Å²) in [5, 5.41) is 0. The molecule has 28 heavy (non-hydrogen) atoms. The normalized spacial score (nSPS) is 18.2. The molecule has 2 aromatic rings. The second-order valence-corrected chi connectivity index (χ2v) is 7.38. The third-order valence-electron chi connectivity index (χ3n) is 5.85. The smallest absolute Gasteiger partial charge is 0.203 e. The van der Waals surface area contributed by atoms with Gasteiger partial charge in [0, 0.05) is 11.1 Å². The highest BCUT2D eigenvalue weighted by Crippen LogP contribution is 2.53. The summed E-state index contributed by atoms with van der Waals surface area (Å²) in [5.74, 6) is 4.35. The molecule has 0 amide bonds. The molecule has 0 aliphatic heterocycles. The molecule has 0 radical (unpaired) electrons. The number of methoxy groups -OCH3 is 5. The minimum absolute atomic E-state index is 0.503. The number of fused-ring (bicyclic) bond motifs is 3. The summed E-state index contributed by atoms with van der Waals surface area (Å²) in [4.78, 5) is 0. The maximum Gasteiger partial charge on any atom is 0.203 e. The van der Waals surface area contributed by atoms with Gasteiger partial charge in [0.1, 0.15) is 0 Å². The van der Waals surface area contributed by atoms with Crippen LogP contribution in [0.25, 0.3) is 11.1 Å². The van der Waals surface area contributed by atoms with Crippen molar-refractivity contribution in [3.8, 4) is 39.9 Å². The molecule has 0 heterocycles. The predicted octanol–water partition coefficient (Wildman–Crippen LogP) is 4.77. The molecule has 0 N–H and O–H groups in total. The SMILES string of the molecule is COc1cc2c(c(OC)c1OC)-c1c(ccc(OC)c1OC)C[C@@H](C)[C@@H](C)C2. The van der Waals surface area contributed by atoms with Gasteiger partial charge in [-0.2, -0.15) is 0 Å². The summed E-state index contributed by atoms with van der Waals surface area (Å²) < 4.78 is 28.6. The van der Waals surface area contributed by atoms with E-state index in [9.17, 15) is 0 Å². The van der Waals surface area contributed by atoms with Crippen LogP contribution in [0.2, 0.25) is 0 Å². The van der Waals surface area contributed by atoms with Gasteiger partial charge in [0.25, 0.3) is 0 Å². The van der Waals surface area contributed by atoms with Crippen molar-refractivity contribution in [3.05, 3.63) is 29.3 Å². The van der Waals surface area contributed by atoms with E-state index in [0.717, 1.165) is 29.5 Å². The van der Waals surface area contributed by atoms with E-state index < -0.39 is 0 Å². The number of benzene rings is 2. The summed E-state index contributed by atoms with van der Waals surface area (Å²) in [7, 11) is 8.27. The fraction of sp³-hybridized carbons (Fsp3) is 0.478. The Bertz CT molecular complexity index is 859. The molecule has 1 aliphatic carbocycles. The van der Waals surface area contributed by atoms with E-state index in [2.05, 4.69) is 26.0 Å². The first-order valence-electron chi connectivity index (χ1n) is 9.56. The Hall–Kier alpha value is -2.56. The summed E-state index contributed by atoms with van der Waals surface area (Å²) >= 11 is 0. The summed E-state index contributed by atoms with van der Waals surface area (Å²) in [6.07, 6.45) is 1.86. The Labute approximate surface area is 167 Å². The van der Waals surface area contributed by atoms with Crippen LogP contribution in [-0.2, 0) is 12.8 Å². The molecule has 1 aliphatic rings. The van der Waals surface area contributed by atoms with Crippen molar-refractivity contribution in [1.82, 2.24) is 0 Å². The Kier molecular flexibility index (Phi) is 5.92. The molecule has 0 saturated heterocycles. The Morgan fingerprint density at radius 2 is 1.14 bits per heavy atom. The van der Waals surface area contributed by atoms with E-state index in [1.807, 2.05) is 6.07 Å². The van der Waals surface area contributed by atoms with Crippen molar-refractivity contribution in [2.75, 3.05) is 35.5 Å². The van der Waals surface area contributed by atoms with Crippen molar-refractivity contribution in [2.24, 2.45) is 11.8 Å². The van der Waals surface area contributed by atoms with Gasteiger partial charge >= 0.3 is 0 Å². The van der Waals surface area contributed by atoms with Crippen LogP contribution in [0.3, 0.4) is 0 Å². The average Bonchev–Trinajstić information content (AvgIpc) is 2.71. The Morgan fingerprint density at radius 3 is 1.68 bits per heavy atom. The minimum Gasteiger partial charge on any atom is -0.493 e. The molecule has 5 heteroatoms. The van der Waals surface area contributed by atoms with E-state index in [0.29, 0.717) is 40.6 Å². The fourth-order valence-electron chi connectivity index (χ4n) is 4.15. The molecule has 5 nitrogen and oxygen atoms in total. The van der Waals surface area contributed by atoms with Crippen LogP contribution in [0.4, 0.5) is 0 Å². The highest BCUT2D eigenvalue weighted by molar-refractivity contribution is 5.87. The van der Waals surface area contributed by atoms with Gasteiger partial charge in [0.15, 0.2) is 23.0 Å². The summed E-state index contributed by atoms with van der Waals surface area (Å²) in [5.41, 5.74) is 4.36. The molecule has 0 fully saturated rings. The standard InChI is InChI=1S/C23H30O5/c1-13-10-15-8-9-17(24-3)21(26-5)19(15)20-16(11-14(13)2)12-18(25-4)22(27-6)23(20)28-7/h8-9,12-14H,10-11H2,1-7H3/t13-,14+/m1/s1. The van der Waals surface area contributed by atoms with Gasteiger partial charge in [-0.25, -0.2) is 0 Å². The summed E-state index contributed by atoms with van der Waals surface area (Å²) in [6.45, 7) is 4.59. The number of ether oxygens (including phenoxy) is 5. The van der Waals surface area contributed by atoms with Gasteiger partial charge in [-0.3, -0.25) is 0 Å². The highest BCUT2D eigenvalue weighted by Gasteiger charge is 2.31. The molecule has 152 valence electrons. The van der Waals surface area contributed by atoms with Crippen molar-refractivity contribution in [1.29, 1.82) is 0 Å². The number of hydrogen-bond acceptors (Lipinski definition) is 5. The first-order chi connectivity index (χ1) is 13.5. The summed E-state index contributed by atoms with van der Waals surface area (Å²) in [6, 6.07) is 6.17. The third-order valence-corrected chi connectivity index (χ3v) is 5.85. The Morgan fingerprint density at radius 1 is 0.607 bits per heavy atom. The van der Waals surface area contributed by atoms with E-state index in [1.165, 1.54) is 5.56 Å². The average molecular weight is 386 g/mol. The Balaban J connectivity index is 2.46. The molecule has 2 aromatic carbocycles. The van der Waals surface area contributed by atoms with Crippen molar-refractivity contribution in [2.45, 2.75) is 26.7 Å².